The summed E-state index contributed by atoms with van der Waals surface area (Å²) in [5.74, 6) is -1.04. The Balaban J connectivity index is 3.37. The Labute approximate surface area is 70.2 Å². The normalized spacial score (nSPS) is 9.17. The molecule has 0 bridgehead atoms. The van der Waals surface area contributed by atoms with E-state index in [-0.39, 0.29) is 13.0 Å². The quantitative estimate of drug-likeness (QED) is 0.439. The maximum Gasteiger partial charge on any atom is 0.332 e. The fourth-order valence-electron chi connectivity index (χ4n) is 0.453. The van der Waals surface area contributed by atoms with Gasteiger partial charge in [0.1, 0.15) is 0 Å². The van der Waals surface area contributed by atoms with E-state index in [0.29, 0.717) is 13.0 Å². The summed E-state index contributed by atoms with van der Waals surface area (Å²) in [7, 11) is 0. The van der Waals surface area contributed by atoms with Crippen LogP contribution in [0.25, 0.3) is 0 Å². The highest BCUT2D eigenvalue weighted by molar-refractivity contribution is 5.79. The molecule has 0 aromatic heterocycles. The van der Waals surface area contributed by atoms with Crippen molar-refractivity contribution in [3.05, 3.63) is 0 Å². The predicted molar refractivity (Wildman–Crippen MR) is 41.6 cm³/mol. The van der Waals surface area contributed by atoms with Crippen LogP contribution in [0.2, 0.25) is 0 Å². The van der Waals surface area contributed by atoms with Gasteiger partial charge in [0.15, 0.2) is 0 Å². The molecule has 0 aliphatic heterocycles. The molecule has 0 unspecified atom stereocenters. The lowest BCUT2D eigenvalue weighted by molar-refractivity contribution is -0.157. The number of nitrogens with one attached hydrogen (secondary N) is 1. The lowest BCUT2D eigenvalue weighted by atomic mass is 10.3. The first-order valence-electron chi connectivity index (χ1n) is 3.59. The number of carbonyl (C=O) groups excluding carboxylic acids is 2. The van der Waals surface area contributed by atoms with Crippen LogP contribution in [0.1, 0.15) is 12.8 Å². The molecule has 0 radical (unpaired) electrons. The molecule has 6 nitrogen and oxygen atoms in total. The van der Waals surface area contributed by atoms with Gasteiger partial charge < -0.3 is 16.3 Å². The van der Waals surface area contributed by atoms with Crippen LogP contribution in [0.5, 0.6) is 0 Å². The topological polar surface area (TPSA) is 107 Å². The summed E-state index contributed by atoms with van der Waals surface area (Å²) < 4.78 is 0. The Morgan fingerprint density at radius 2 is 2.00 bits per heavy atom. The van der Waals surface area contributed by atoms with E-state index in [0.717, 1.165) is 0 Å². The van der Waals surface area contributed by atoms with Gasteiger partial charge >= 0.3 is 5.97 Å². The maximum absolute atomic E-state index is 10.7. The Morgan fingerprint density at radius 3 is 2.50 bits per heavy atom. The molecule has 0 saturated heterocycles. The molecule has 12 heavy (non-hydrogen) atoms. The van der Waals surface area contributed by atoms with Gasteiger partial charge in [0.2, 0.25) is 0 Å². The summed E-state index contributed by atoms with van der Waals surface area (Å²) in [6, 6.07) is 0. The van der Waals surface area contributed by atoms with Gasteiger partial charge in [0.25, 0.3) is 5.91 Å². The average Bonchev–Trinajstić information content (AvgIpc) is 2.10. The van der Waals surface area contributed by atoms with Crippen LogP contribution in [0.3, 0.4) is 0 Å². The smallest absolute Gasteiger partial charge is 0.332 e. The van der Waals surface area contributed by atoms with E-state index in [9.17, 15) is 9.59 Å². The molecule has 1 amide bonds. The van der Waals surface area contributed by atoms with E-state index in [1.165, 1.54) is 0 Å². The molecule has 0 aromatic rings. The monoisotopic (exact) mass is 175 g/mol. The second-order valence-electron chi connectivity index (χ2n) is 2.10. The van der Waals surface area contributed by atoms with Gasteiger partial charge in [0, 0.05) is 6.42 Å². The highest BCUT2D eigenvalue weighted by Gasteiger charge is 2.03. The van der Waals surface area contributed by atoms with Gasteiger partial charge in [-0.05, 0) is 13.0 Å². The first-order chi connectivity index (χ1) is 5.70. The number of carbonyl (C=O) groups is 2. The Kier molecular flexibility index (Phi) is 5.94. The number of rotatable bonds is 4. The average molecular weight is 175 g/mol. The van der Waals surface area contributed by atoms with Crippen molar-refractivity contribution in [2.75, 3.05) is 13.1 Å². The fourth-order valence-corrected chi connectivity index (χ4v) is 0.453. The Morgan fingerprint density at radius 1 is 1.33 bits per heavy atom. The summed E-state index contributed by atoms with van der Waals surface area (Å²) in [4.78, 5) is 25.5. The zero-order valence-electron chi connectivity index (χ0n) is 6.71. The fraction of sp³-hybridized carbons (Fsp3) is 0.667. The lowest BCUT2D eigenvalue weighted by Crippen LogP contribution is -2.32. The molecule has 0 aliphatic carbocycles. The van der Waals surface area contributed by atoms with Crippen molar-refractivity contribution in [2.24, 2.45) is 11.5 Å². The highest BCUT2D eigenvalue weighted by atomic mass is 16.7. The van der Waals surface area contributed by atoms with Gasteiger partial charge in [-0.25, -0.2) is 4.79 Å². The largest absolute Gasteiger partial charge is 0.341 e. The van der Waals surface area contributed by atoms with E-state index in [4.69, 9.17) is 11.5 Å². The zero-order valence-corrected chi connectivity index (χ0v) is 6.71. The molecule has 6 heteroatoms. The molecule has 0 aliphatic rings. The molecule has 0 rings (SSSR count). The standard InChI is InChI=1S/C6H13N3O3/c7-3-1-2-6(11)12-9-5(10)4-8/h1-4,7-8H2,(H,9,10). The third-order valence-electron chi connectivity index (χ3n) is 1.05. The van der Waals surface area contributed by atoms with Crippen molar-refractivity contribution >= 4 is 11.9 Å². The number of hydrogen-bond donors (Lipinski definition) is 3. The summed E-state index contributed by atoms with van der Waals surface area (Å²) in [6.45, 7) is 0.212. The van der Waals surface area contributed by atoms with Crippen molar-refractivity contribution in [1.82, 2.24) is 5.48 Å². The molecule has 0 fully saturated rings. The van der Waals surface area contributed by atoms with Crippen LogP contribution in [-0.4, -0.2) is 25.0 Å². The Hall–Kier alpha value is -1.14. The third kappa shape index (κ3) is 5.63. The molecule has 0 saturated carbocycles. The maximum atomic E-state index is 10.7. The van der Waals surface area contributed by atoms with E-state index in [1.807, 2.05) is 5.48 Å². The minimum absolute atomic E-state index is 0.196. The summed E-state index contributed by atoms with van der Waals surface area (Å²) in [6.07, 6.45) is 0.735. The molecular weight excluding hydrogens is 162 g/mol. The van der Waals surface area contributed by atoms with Crippen LogP contribution >= 0.6 is 0 Å². The number of nitrogens with two attached hydrogens (primary N) is 2. The molecule has 5 N–H and O–H groups in total. The van der Waals surface area contributed by atoms with Crippen molar-refractivity contribution < 1.29 is 14.4 Å². The van der Waals surface area contributed by atoms with E-state index < -0.39 is 11.9 Å². The first kappa shape index (κ1) is 10.9. The number of hydrogen-bond acceptors (Lipinski definition) is 5. The van der Waals surface area contributed by atoms with E-state index in [1.54, 1.807) is 0 Å². The van der Waals surface area contributed by atoms with Crippen LogP contribution in [0.4, 0.5) is 0 Å². The number of amides is 1. The van der Waals surface area contributed by atoms with E-state index >= 15 is 0 Å². The van der Waals surface area contributed by atoms with Gasteiger partial charge in [-0.15, -0.1) is 0 Å². The highest BCUT2D eigenvalue weighted by Crippen LogP contribution is 1.87. The summed E-state index contributed by atoms with van der Waals surface area (Å²) in [5.41, 5.74) is 12.0. The van der Waals surface area contributed by atoms with Gasteiger partial charge in [-0.2, -0.15) is 5.48 Å². The van der Waals surface area contributed by atoms with Crippen molar-refractivity contribution in [3.63, 3.8) is 0 Å². The van der Waals surface area contributed by atoms with Gasteiger partial charge in [0.05, 0.1) is 6.54 Å². The zero-order chi connectivity index (χ0) is 9.40. The van der Waals surface area contributed by atoms with Crippen molar-refractivity contribution in [1.29, 1.82) is 0 Å². The summed E-state index contributed by atoms with van der Waals surface area (Å²) >= 11 is 0. The lowest BCUT2D eigenvalue weighted by Gasteiger charge is -2.02. The van der Waals surface area contributed by atoms with Crippen molar-refractivity contribution in [2.45, 2.75) is 12.8 Å². The second-order valence-corrected chi connectivity index (χ2v) is 2.10. The summed E-state index contributed by atoms with van der Waals surface area (Å²) in [5, 5.41) is 0. The predicted octanol–water partition coefficient (Wildman–Crippen LogP) is -1.74. The molecule has 0 spiro atoms. The Bertz CT molecular complexity index is 160. The molecule has 0 heterocycles. The molecule has 0 aromatic carbocycles. The molecule has 70 valence electrons. The first-order valence-corrected chi connectivity index (χ1v) is 3.59. The number of hydroxylamine groups is 1. The van der Waals surface area contributed by atoms with Crippen LogP contribution in [0.15, 0.2) is 0 Å². The van der Waals surface area contributed by atoms with Crippen LogP contribution < -0.4 is 16.9 Å². The van der Waals surface area contributed by atoms with E-state index in [2.05, 4.69) is 4.84 Å². The molecule has 0 atom stereocenters. The van der Waals surface area contributed by atoms with Crippen LogP contribution in [-0.2, 0) is 14.4 Å². The van der Waals surface area contributed by atoms with Crippen molar-refractivity contribution in [3.8, 4) is 0 Å². The molecular formula is C6H13N3O3. The van der Waals surface area contributed by atoms with Gasteiger partial charge in [-0.1, -0.05) is 0 Å². The minimum atomic E-state index is -0.531. The SMILES string of the molecule is NCCCC(=O)ONC(=O)CN. The van der Waals surface area contributed by atoms with Crippen LogP contribution in [0, 0.1) is 0 Å². The van der Waals surface area contributed by atoms with Gasteiger partial charge in [-0.3, -0.25) is 4.79 Å². The third-order valence-corrected chi connectivity index (χ3v) is 1.05. The minimum Gasteiger partial charge on any atom is -0.341 e. The second kappa shape index (κ2) is 6.56.